The summed E-state index contributed by atoms with van der Waals surface area (Å²) < 4.78 is 38.5. The van der Waals surface area contributed by atoms with Crippen LogP contribution >= 0.6 is 11.5 Å². The van der Waals surface area contributed by atoms with Gasteiger partial charge in [-0.3, -0.25) is 4.79 Å². The molecule has 3 aromatic rings. The third kappa shape index (κ3) is 4.19. The Balaban J connectivity index is 1.63. The van der Waals surface area contributed by atoms with Crippen molar-refractivity contribution in [1.82, 2.24) is 8.68 Å². The van der Waals surface area contributed by atoms with Gasteiger partial charge in [-0.05, 0) is 60.8 Å². The topological polar surface area (TPSA) is 88.6 Å². The minimum atomic E-state index is -3.76. The first-order valence-electron chi connectivity index (χ1n) is 9.83. The SMILES string of the molecule is COc1ccc(C(=O)Nc2ccc3sncc3c2)cc1S(=O)(=O)N1CCCCCC1. The zero-order chi connectivity index (χ0) is 21.1. The lowest BCUT2D eigenvalue weighted by atomic mass is 10.2. The molecule has 7 nitrogen and oxygen atoms in total. The second-order valence-electron chi connectivity index (χ2n) is 7.22. The van der Waals surface area contributed by atoms with Crippen molar-refractivity contribution in [2.75, 3.05) is 25.5 Å². The lowest BCUT2D eigenvalue weighted by molar-refractivity contribution is 0.102. The third-order valence-electron chi connectivity index (χ3n) is 5.22. The standard InChI is InChI=1S/C21H23N3O4S2/c1-28-18-8-6-15(13-20(18)30(26,27)24-10-4-2-3-5-11-24)21(25)23-17-7-9-19-16(12-17)14-22-29-19/h6-9,12-14H,2-5,10-11H2,1H3,(H,23,25). The first kappa shape index (κ1) is 20.8. The fourth-order valence-corrected chi connectivity index (χ4v) is 5.92. The van der Waals surface area contributed by atoms with Gasteiger partial charge in [0, 0.05) is 35.9 Å². The number of nitrogens with zero attached hydrogens (tertiary/aromatic N) is 2. The second kappa shape index (κ2) is 8.71. The summed E-state index contributed by atoms with van der Waals surface area (Å²) in [7, 11) is -2.33. The quantitative estimate of drug-likeness (QED) is 0.638. The third-order valence-corrected chi connectivity index (χ3v) is 7.92. The van der Waals surface area contributed by atoms with Gasteiger partial charge in [0.1, 0.15) is 10.6 Å². The highest BCUT2D eigenvalue weighted by Gasteiger charge is 2.29. The molecule has 2 heterocycles. The van der Waals surface area contributed by atoms with E-state index >= 15 is 0 Å². The first-order valence-corrected chi connectivity index (χ1v) is 12.0. The Morgan fingerprint density at radius 3 is 2.60 bits per heavy atom. The first-order chi connectivity index (χ1) is 14.5. The Hall–Kier alpha value is -2.49. The molecule has 1 aliphatic heterocycles. The minimum Gasteiger partial charge on any atom is -0.495 e. The number of methoxy groups -OCH3 is 1. The molecule has 0 unspecified atom stereocenters. The Morgan fingerprint density at radius 1 is 1.10 bits per heavy atom. The summed E-state index contributed by atoms with van der Waals surface area (Å²) in [5.41, 5.74) is 0.883. The predicted molar refractivity (Wildman–Crippen MR) is 118 cm³/mol. The van der Waals surface area contributed by atoms with Crippen LogP contribution in [0.2, 0.25) is 0 Å². The molecule has 1 saturated heterocycles. The predicted octanol–water partition coefficient (Wildman–Crippen LogP) is 4.12. The van der Waals surface area contributed by atoms with Gasteiger partial charge in [0.2, 0.25) is 10.0 Å². The van der Waals surface area contributed by atoms with Crippen molar-refractivity contribution >= 4 is 43.2 Å². The van der Waals surface area contributed by atoms with E-state index < -0.39 is 10.0 Å². The Kier molecular flexibility index (Phi) is 6.03. The van der Waals surface area contributed by atoms with Crippen LogP contribution < -0.4 is 10.1 Å². The summed E-state index contributed by atoms with van der Waals surface area (Å²) in [6.45, 7) is 0.965. The fraction of sp³-hybridized carbons (Fsp3) is 0.333. The number of carbonyl (C=O) groups is 1. The molecule has 0 spiro atoms. The largest absolute Gasteiger partial charge is 0.495 e. The molecule has 0 bridgehead atoms. The van der Waals surface area contributed by atoms with E-state index in [1.807, 2.05) is 12.1 Å². The van der Waals surface area contributed by atoms with E-state index in [0.29, 0.717) is 18.8 Å². The molecule has 1 aliphatic rings. The average Bonchev–Trinajstić information content (AvgIpc) is 3.03. The number of hydrogen-bond donors (Lipinski definition) is 1. The van der Waals surface area contributed by atoms with Crippen LogP contribution in [0.4, 0.5) is 5.69 Å². The van der Waals surface area contributed by atoms with Crippen molar-refractivity contribution in [1.29, 1.82) is 0 Å². The molecule has 1 amide bonds. The number of aromatic nitrogens is 1. The van der Waals surface area contributed by atoms with Crippen LogP contribution in [0.3, 0.4) is 0 Å². The van der Waals surface area contributed by atoms with Crippen LogP contribution in [0, 0.1) is 0 Å². The highest BCUT2D eigenvalue weighted by Crippen LogP contribution is 2.30. The Morgan fingerprint density at radius 2 is 1.87 bits per heavy atom. The van der Waals surface area contributed by atoms with Gasteiger partial charge in [-0.1, -0.05) is 12.8 Å². The number of benzene rings is 2. The van der Waals surface area contributed by atoms with Gasteiger partial charge in [0.15, 0.2) is 0 Å². The van der Waals surface area contributed by atoms with Crippen molar-refractivity contribution in [3.8, 4) is 5.75 Å². The molecule has 1 fully saturated rings. The van der Waals surface area contributed by atoms with Gasteiger partial charge in [0.25, 0.3) is 5.91 Å². The summed E-state index contributed by atoms with van der Waals surface area (Å²) in [6, 6.07) is 10.0. The molecule has 9 heteroatoms. The fourth-order valence-electron chi connectivity index (χ4n) is 3.59. The molecule has 1 aromatic heterocycles. The van der Waals surface area contributed by atoms with Crippen LogP contribution in [0.15, 0.2) is 47.5 Å². The number of anilines is 1. The molecule has 2 aromatic carbocycles. The average molecular weight is 446 g/mol. The molecule has 0 radical (unpaired) electrons. The lowest BCUT2D eigenvalue weighted by Gasteiger charge is -2.21. The van der Waals surface area contributed by atoms with E-state index in [1.165, 1.54) is 35.1 Å². The molecule has 0 atom stereocenters. The maximum atomic E-state index is 13.3. The number of hydrogen-bond acceptors (Lipinski definition) is 6. The monoisotopic (exact) mass is 445 g/mol. The number of sulfonamides is 1. The van der Waals surface area contributed by atoms with Gasteiger partial charge in [0.05, 0.1) is 11.8 Å². The zero-order valence-electron chi connectivity index (χ0n) is 16.6. The van der Waals surface area contributed by atoms with Crippen LogP contribution in [-0.4, -0.2) is 43.2 Å². The van der Waals surface area contributed by atoms with Gasteiger partial charge in [-0.25, -0.2) is 8.42 Å². The molecule has 4 rings (SSSR count). The van der Waals surface area contributed by atoms with E-state index in [1.54, 1.807) is 18.3 Å². The van der Waals surface area contributed by atoms with Gasteiger partial charge in [-0.15, -0.1) is 0 Å². The summed E-state index contributed by atoms with van der Waals surface area (Å²) in [5.74, 6) is -0.144. The minimum absolute atomic E-state index is 0.0250. The van der Waals surface area contributed by atoms with Crippen LogP contribution in [-0.2, 0) is 10.0 Å². The normalized spacial score (nSPS) is 15.6. The smallest absolute Gasteiger partial charge is 0.255 e. The summed E-state index contributed by atoms with van der Waals surface area (Å²) in [6.07, 6.45) is 5.46. The highest BCUT2D eigenvalue weighted by atomic mass is 32.2. The van der Waals surface area contributed by atoms with E-state index in [-0.39, 0.29) is 22.1 Å². The van der Waals surface area contributed by atoms with Gasteiger partial charge >= 0.3 is 0 Å². The highest BCUT2D eigenvalue weighted by molar-refractivity contribution is 7.89. The molecular weight excluding hydrogens is 422 g/mol. The van der Waals surface area contributed by atoms with Crippen molar-refractivity contribution in [2.45, 2.75) is 30.6 Å². The van der Waals surface area contributed by atoms with Crippen LogP contribution in [0.25, 0.3) is 10.1 Å². The second-order valence-corrected chi connectivity index (χ2v) is 9.96. The zero-order valence-corrected chi connectivity index (χ0v) is 18.3. The van der Waals surface area contributed by atoms with Gasteiger partial charge < -0.3 is 10.1 Å². The maximum Gasteiger partial charge on any atom is 0.255 e. The molecule has 158 valence electrons. The number of carbonyl (C=O) groups excluding carboxylic acids is 1. The van der Waals surface area contributed by atoms with E-state index in [2.05, 4.69) is 9.69 Å². The molecule has 0 saturated carbocycles. The van der Waals surface area contributed by atoms with E-state index in [9.17, 15) is 13.2 Å². The van der Waals surface area contributed by atoms with Crippen LogP contribution in [0.5, 0.6) is 5.75 Å². The number of nitrogens with one attached hydrogen (secondary N) is 1. The number of ether oxygens (including phenoxy) is 1. The summed E-state index contributed by atoms with van der Waals surface area (Å²) in [5, 5.41) is 3.78. The maximum absolute atomic E-state index is 13.3. The van der Waals surface area contributed by atoms with Crippen LogP contribution in [0.1, 0.15) is 36.0 Å². The van der Waals surface area contributed by atoms with Crippen molar-refractivity contribution < 1.29 is 17.9 Å². The van der Waals surface area contributed by atoms with Crippen molar-refractivity contribution in [2.24, 2.45) is 0 Å². The van der Waals surface area contributed by atoms with E-state index in [4.69, 9.17) is 4.74 Å². The summed E-state index contributed by atoms with van der Waals surface area (Å²) >= 11 is 1.39. The Bertz CT molecular complexity index is 1170. The van der Waals surface area contributed by atoms with Crippen molar-refractivity contribution in [3.05, 3.63) is 48.2 Å². The molecule has 0 aliphatic carbocycles. The number of fused-ring (bicyclic) bond motifs is 1. The van der Waals surface area contributed by atoms with E-state index in [0.717, 1.165) is 35.8 Å². The Labute approximate surface area is 179 Å². The van der Waals surface area contributed by atoms with Gasteiger partial charge in [-0.2, -0.15) is 8.68 Å². The number of rotatable bonds is 5. The lowest BCUT2D eigenvalue weighted by Crippen LogP contribution is -2.32. The summed E-state index contributed by atoms with van der Waals surface area (Å²) in [4.78, 5) is 12.9. The molecule has 30 heavy (non-hydrogen) atoms. The molecule has 1 N–H and O–H groups in total. The number of amides is 1. The molecular formula is C21H23N3O4S2. The van der Waals surface area contributed by atoms with Crippen molar-refractivity contribution in [3.63, 3.8) is 0 Å².